The van der Waals surface area contributed by atoms with Gasteiger partial charge in [-0.05, 0) is 130 Å². The van der Waals surface area contributed by atoms with Crippen molar-refractivity contribution in [1.29, 1.82) is 0 Å². The van der Waals surface area contributed by atoms with Crippen LogP contribution in [0.2, 0.25) is 0 Å². The largest absolute Gasteiger partial charge is 0.494 e. The summed E-state index contributed by atoms with van der Waals surface area (Å²) in [5.41, 5.74) is 3.18. The molecule has 166 valence electrons. The number of ether oxygens (including phenoxy) is 1. The van der Waals surface area contributed by atoms with Crippen molar-refractivity contribution < 1.29 is 4.74 Å². The fraction of sp³-hybridized carbons (Fsp3) is 0.724. The van der Waals surface area contributed by atoms with Gasteiger partial charge in [0, 0.05) is 0 Å². The topological polar surface area (TPSA) is 9.23 Å². The SMILES string of the molecule is C/C=C/CCC1CCC2CC(C3CCc4cc(OCCCC)ccc4C3)CCC2C1. The van der Waals surface area contributed by atoms with Crippen LogP contribution in [0, 0.1) is 29.6 Å². The molecule has 2 fully saturated rings. The molecule has 0 heterocycles. The number of benzene rings is 1. The molecule has 1 aromatic carbocycles. The van der Waals surface area contributed by atoms with E-state index in [1.54, 1.807) is 11.1 Å². The van der Waals surface area contributed by atoms with Gasteiger partial charge in [-0.2, -0.15) is 0 Å². The molecule has 0 aliphatic heterocycles. The van der Waals surface area contributed by atoms with Gasteiger partial charge in [0.15, 0.2) is 0 Å². The van der Waals surface area contributed by atoms with Gasteiger partial charge in [0.2, 0.25) is 0 Å². The standard InChI is InChI=1S/C29H44O/c1-3-5-7-8-22-9-10-24-19-25(12-11-23(24)18-22)26-13-14-28-21-29(30-17-6-4-2)16-15-27(28)20-26/h3,5,15-16,21-26H,4,6-14,17-20H2,1-2H3/b5-3+. The molecule has 0 N–H and O–H groups in total. The molecule has 0 spiro atoms. The maximum Gasteiger partial charge on any atom is 0.119 e. The molecule has 3 aliphatic carbocycles. The smallest absolute Gasteiger partial charge is 0.119 e. The molecular weight excluding hydrogens is 364 g/mol. The van der Waals surface area contributed by atoms with Crippen LogP contribution in [0.15, 0.2) is 30.4 Å². The zero-order chi connectivity index (χ0) is 20.8. The first-order valence-electron chi connectivity index (χ1n) is 13.1. The molecule has 0 radical (unpaired) electrons. The third kappa shape index (κ3) is 5.51. The van der Waals surface area contributed by atoms with Gasteiger partial charge in [0.05, 0.1) is 6.61 Å². The van der Waals surface area contributed by atoms with Gasteiger partial charge in [0.25, 0.3) is 0 Å². The zero-order valence-corrected chi connectivity index (χ0v) is 19.6. The summed E-state index contributed by atoms with van der Waals surface area (Å²) in [6, 6.07) is 6.94. The maximum absolute atomic E-state index is 5.95. The lowest BCUT2D eigenvalue weighted by Crippen LogP contribution is -2.35. The summed E-state index contributed by atoms with van der Waals surface area (Å²) in [5.74, 6) is 6.10. The van der Waals surface area contributed by atoms with E-state index in [0.29, 0.717) is 0 Å². The van der Waals surface area contributed by atoms with Crippen molar-refractivity contribution in [2.24, 2.45) is 29.6 Å². The van der Waals surface area contributed by atoms with Crippen molar-refractivity contribution in [3.63, 3.8) is 0 Å². The Bertz CT molecular complexity index is 690. The van der Waals surface area contributed by atoms with Gasteiger partial charge in [0.1, 0.15) is 5.75 Å². The van der Waals surface area contributed by atoms with Gasteiger partial charge in [-0.15, -0.1) is 0 Å². The average Bonchev–Trinajstić information content (AvgIpc) is 2.78. The monoisotopic (exact) mass is 408 g/mol. The lowest BCUT2D eigenvalue weighted by Gasteiger charge is -2.45. The molecule has 3 aliphatic rings. The molecular formula is C29H44O. The molecule has 5 unspecified atom stereocenters. The third-order valence-electron chi connectivity index (χ3n) is 8.62. The van der Waals surface area contributed by atoms with Crippen molar-refractivity contribution in [1.82, 2.24) is 0 Å². The van der Waals surface area contributed by atoms with Crippen LogP contribution in [0.5, 0.6) is 5.75 Å². The minimum Gasteiger partial charge on any atom is -0.494 e. The van der Waals surface area contributed by atoms with Crippen LogP contribution in [0.1, 0.15) is 95.6 Å². The fourth-order valence-electron chi connectivity index (χ4n) is 6.80. The quantitative estimate of drug-likeness (QED) is 0.311. The van der Waals surface area contributed by atoms with E-state index >= 15 is 0 Å². The van der Waals surface area contributed by atoms with E-state index in [1.165, 1.54) is 77.0 Å². The molecule has 5 atom stereocenters. The number of allylic oxidation sites excluding steroid dienone is 2. The summed E-state index contributed by atoms with van der Waals surface area (Å²) in [4.78, 5) is 0. The van der Waals surface area contributed by atoms with Gasteiger partial charge < -0.3 is 4.74 Å². The van der Waals surface area contributed by atoms with Gasteiger partial charge >= 0.3 is 0 Å². The van der Waals surface area contributed by atoms with E-state index in [2.05, 4.69) is 44.2 Å². The molecule has 1 nitrogen and oxygen atoms in total. The van der Waals surface area contributed by atoms with E-state index in [4.69, 9.17) is 4.74 Å². The van der Waals surface area contributed by atoms with E-state index in [0.717, 1.165) is 48.4 Å². The zero-order valence-electron chi connectivity index (χ0n) is 19.6. The van der Waals surface area contributed by atoms with Crippen molar-refractivity contribution in [3.8, 4) is 5.75 Å². The Balaban J connectivity index is 1.28. The molecule has 0 amide bonds. The van der Waals surface area contributed by atoms with E-state index in [9.17, 15) is 0 Å². The Labute approximate surface area is 185 Å². The third-order valence-corrected chi connectivity index (χ3v) is 8.62. The molecule has 2 saturated carbocycles. The first kappa shape index (κ1) is 22.0. The first-order chi connectivity index (χ1) is 14.8. The Hall–Kier alpha value is -1.24. The summed E-state index contributed by atoms with van der Waals surface area (Å²) in [7, 11) is 0. The predicted molar refractivity (Wildman–Crippen MR) is 128 cm³/mol. The van der Waals surface area contributed by atoms with Gasteiger partial charge in [-0.1, -0.05) is 38.0 Å². The minimum atomic E-state index is 0.860. The minimum absolute atomic E-state index is 0.860. The first-order valence-corrected chi connectivity index (χ1v) is 13.1. The number of hydrogen-bond donors (Lipinski definition) is 0. The van der Waals surface area contributed by atoms with Gasteiger partial charge in [-0.3, -0.25) is 0 Å². The average molecular weight is 409 g/mol. The number of fused-ring (bicyclic) bond motifs is 2. The number of rotatable bonds is 8. The van der Waals surface area contributed by atoms with Gasteiger partial charge in [-0.25, -0.2) is 0 Å². The predicted octanol–water partition coefficient (Wildman–Crippen LogP) is 8.16. The lowest BCUT2D eigenvalue weighted by molar-refractivity contribution is 0.0699. The normalized spacial score (nSPS) is 31.3. The highest BCUT2D eigenvalue weighted by Crippen LogP contribution is 2.49. The Morgan fingerprint density at radius 1 is 0.933 bits per heavy atom. The van der Waals surface area contributed by atoms with Crippen LogP contribution in [0.3, 0.4) is 0 Å². The highest BCUT2D eigenvalue weighted by Gasteiger charge is 2.38. The molecule has 4 rings (SSSR count). The molecule has 30 heavy (non-hydrogen) atoms. The molecule has 0 saturated heterocycles. The summed E-state index contributed by atoms with van der Waals surface area (Å²) in [5, 5.41) is 0. The Kier molecular flexibility index (Phi) is 7.96. The van der Waals surface area contributed by atoms with Crippen molar-refractivity contribution in [2.45, 2.75) is 97.3 Å². The van der Waals surface area contributed by atoms with Crippen LogP contribution >= 0.6 is 0 Å². The maximum atomic E-state index is 5.95. The second-order valence-corrected chi connectivity index (χ2v) is 10.6. The summed E-state index contributed by atoms with van der Waals surface area (Å²) >= 11 is 0. The molecule has 0 bridgehead atoms. The van der Waals surface area contributed by atoms with E-state index in [1.807, 2.05) is 0 Å². The second-order valence-electron chi connectivity index (χ2n) is 10.6. The summed E-state index contributed by atoms with van der Waals surface area (Å²) < 4.78 is 5.95. The molecule has 1 heteroatoms. The van der Waals surface area contributed by atoms with Crippen molar-refractivity contribution >= 4 is 0 Å². The summed E-state index contributed by atoms with van der Waals surface area (Å²) in [6.45, 7) is 5.24. The second kappa shape index (κ2) is 10.9. The summed E-state index contributed by atoms with van der Waals surface area (Å²) in [6.07, 6.45) is 22.8. The Morgan fingerprint density at radius 3 is 2.57 bits per heavy atom. The van der Waals surface area contributed by atoms with Crippen LogP contribution < -0.4 is 4.74 Å². The lowest BCUT2D eigenvalue weighted by atomic mass is 9.61. The highest BCUT2D eigenvalue weighted by molar-refractivity contribution is 5.37. The highest BCUT2D eigenvalue weighted by atomic mass is 16.5. The van der Waals surface area contributed by atoms with Crippen LogP contribution in [0.25, 0.3) is 0 Å². The number of aryl methyl sites for hydroxylation is 1. The van der Waals surface area contributed by atoms with Crippen molar-refractivity contribution in [2.75, 3.05) is 6.61 Å². The van der Waals surface area contributed by atoms with Crippen LogP contribution in [-0.2, 0) is 12.8 Å². The van der Waals surface area contributed by atoms with E-state index in [-0.39, 0.29) is 0 Å². The number of unbranched alkanes of at least 4 members (excludes halogenated alkanes) is 1. The number of hydrogen-bond acceptors (Lipinski definition) is 1. The fourth-order valence-corrected chi connectivity index (χ4v) is 6.80. The van der Waals surface area contributed by atoms with E-state index < -0.39 is 0 Å². The van der Waals surface area contributed by atoms with Crippen LogP contribution in [0.4, 0.5) is 0 Å². The molecule has 1 aromatic rings. The molecule has 0 aromatic heterocycles. The Morgan fingerprint density at radius 2 is 1.73 bits per heavy atom. The van der Waals surface area contributed by atoms with Crippen molar-refractivity contribution in [3.05, 3.63) is 41.5 Å². The van der Waals surface area contributed by atoms with Crippen LogP contribution in [-0.4, -0.2) is 6.61 Å².